The molecule has 0 saturated heterocycles. The van der Waals surface area contributed by atoms with Gasteiger partial charge in [0.2, 0.25) is 0 Å². The smallest absolute Gasteiger partial charge is 0.406 e. The minimum atomic E-state index is -4.65. The van der Waals surface area contributed by atoms with Crippen molar-refractivity contribution in [3.63, 3.8) is 0 Å². The highest BCUT2D eigenvalue weighted by molar-refractivity contribution is 7.99. The molecule has 0 aliphatic heterocycles. The Kier molecular flexibility index (Phi) is 4.04. The molecule has 0 unspecified atom stereocenters. The van der Waals surface area contributed by atoms with Gasteiger partial charge in [-0.25, -0.2) is 0 Å². The van der Waals surface area contributed by atoms with Crippen LogP contribution in [0.15, 0.2) is 58.3 Å². The molecule has 100 valence electrons. The molecule has 0 saturated carbocycles. The zero-order valence-corrected chi connectivity index (χ0v) is 10.9. The second kappa shape index (κ2) is 5.57. The van der Waals surface area contributed by atoms with Gasteiger partial charge in [-0.15, -0.1) is 13.2 Å². The first kappa shape index (κ1) is 13.8. The van der Waals surface area contributed by atoms with E-state index in [0.29, 0.717) is 0 Å². The number of halogens is 3. The van der Waals surface area contributed by atoms with E-state index >= 15 is 0 Å². The number of alkyl halides is 3. The molecular formula is C14H11F3OS. The molecule has 0 N–H and O–H groups in total. The van der Waals surface area contributed by atoms with E-state index < -0.39 is 6.36 Å². The van der Waals surface area contributed by atoms with Crippen LogP contribution in [-0.2, 0) is 0 Å². The highest BCUT2D eigenvalue weighted by atomic mass is 32.2. The average Bonchev–Trinajstić information content (AvgIpc) is 2.33. The van der Waals surface area contributed by atoms with Gasteiger partial charge in [0.15, 0.2) is 0 Å². The monoisotopic (exact) mass is 284 g/mol. The molecule has 19 heavy (non-hydrogen) atoms. The van der Waals surface area contributed by atoms with Crippen LogP contribution in [0.2, 0.25) is 0 Å². The molecule has 0 amide bonds. The molecule has 0 aromatic heterocycles. The van der Waals surface area contributed by atoms with Gasteiger partial charge in [0.05, 0.1) is 0 Å². The summed E-state index contributed by atoms with van der Waals surface area (Å²) in [6.45, 7) is 2.00. The highest BCUT2D eigenvalue weighted by Gasteiger charge is 2.30. The van der Waals surface area contributed by atoms with E-state index in [-0.39, 0.29) is 5.75 Å². The predicted molar refractivity (Wildman–Crippen MR) is 68.4 cm³/mol. The zero-order valence-electron chi connectivity index (χ0n) is 10.1. The first-order valence-electron chi connectivity index (χ1n) is 5.53. The van der Waals surface area contributed by atoms with Gasteiger partial charge in [-0.3, -0.25) is 0 Å². The second-order valence-corrected chi connectivity index (χ2v) is 5.08. The predicted octanol–water partition coefficient (Wildman–Crippen LogP) is 5.04. The molecule has 0 fully saturated rings. The number of hydrogen-bond acceptors (Lipinski definition) is 2. The first-order valence-corrected chi connectivity index (χ1v) is 6.34. The van der Waals surface area contributed by atoms with E-state index in [0.717, 1.165) is 9.79 Å². The van der Waals surface area contributed by atoms with Crippen molar-refractivity contribution in [2.24, 2.45) is 0 Å². The molecule has 2 aromatic rings. The van der Waals surface area contributed by atoms with Crippen LogP contribution in [0.4, 0.5) is 13.2 Å². The molecule has 1 nitrogen and oxygen atoms in total. The van der Waals surface area contributed by atoms with Gasteiger partial charge < -0.3 is 4.74 Å². The van der Waals surface area contributed by atoms with Crippen molar-refractivity contribution in [1.29, 1.82) is 0 Å². The van der Waals surface area contributed by atoms with Gasteiger partial charge in [0.25, 0.3) is 0 Å². The lowest BCUT2D eigenvalue weighted by Crippen LogP contribution is -2.16. The van der Waals surface area contributed by atoms with Gasteiger partial charge >= 0.3 is 6.36 Å². The number of benzene rings is 2. The van der Waals surface area contributed by atoms with Gasteiger partial charge in [0, 0.05) is 9.79 Å². The maximum absolute atomic E-state index is 12.0. The number of rotatable bonds is 3. The van der Waals surface area contributed by atoms with E-state index in [1.54, 1.807) is 12.1 Å². The standard InChI is InChI=1S/C14H11F3OS/c1-10-2-6-12(7-3-10)19-13-8-4-11(5-9-13)18-14(15,16)17/h2-9H,1H3. The maximum Gasteiger partial charge on any atom is 0.573 e. The molecular weight excluding hydrogens is 273 g/mol. The highest BCUT2D eigenvalue weighted by Crippen LogP contribution is 2.30. The summed E-state index contributed by atoms with van der Waals surface area (Å²) in [5.41, 5.74) is 1.17. The number of aryl methyl sites for hydroxylation is 1. The van der Waals surface area contributed by atoms with Crippen molar-refractivity contribution in [2.75, 3.05) is 0 Å². The fraction of sp³-hybridized carbons (Fsp3) is 0.143. The van der Waals surface area contributed by atoms with Gasteiger partial charge in [-0.1, -0.05) is 29.5 Å². The van der Waals surface area contributed by atoms with E-state index in [2.05, 4.69) is 4.74 Å². The van der Waals surface area contributed by atoms with Crippen molar-refractivity contribution >= 4 is 11.8 Å². The van der Waals surface area contributed by atoms with Gasteiger partial charge in [0.1, 0.15) is 5.75 Å². The third kappa shape index (κ3) is 4.52. The van der Waals surface area contributed by atoms with Crippen LogP contribution in [0.25, 0.3) is 0 Å². The Balaban J connectivity index is 2.04. The van der Waals surface area contributed by atoms with Crippen LogP contribution < -0.4 is 4.74 Å². The van der Waals surface area contributed by atoms with Crippen molar-refractivity contribution in [2.45, 2.75) is 23.1 Å². The lowest BCUT2D eigenvalue weighted by Gasteiger charge is -2.09. The Morgan fingerprint density at radius 2 is 1.32 bits per heavy atom. The molecule has 2 aromatic carbocycles. The molecule has 5 heteroatoms. The minimum absolute atomic E-state index is 0.208. The Hall–Kier alpha value is -1.62. The molecule has 0 aliphatic carbocycles. The Morgan fingerprint density at radius 1 is 0.842 bits per heavy atom. The van der Waals surface area contributed by atoms with Crippen LogP contribution in [0.5, 0.6) is 5.75 Å². The van der Waals surface area contributed by atoms with Gasteiger partial charge in [-0.2, -0.15) is 0 Å². The molecule has 0 atom stereocenters. The van der Waals surface area contributed by atoms with Gasteiger partial charge in [-0.05, 0) is 43.3 Å². The maximum atomic E-state index is 12.0. The van der Waals surface area contributed by atoms with Crippen molar-refractivity contribution in [3.8, 4) is 5.75 Å². The Morgan fingerprint density at radius 3 is 1.79 bits per heavy atom. The summed E-state index contributed by atoms with van der Waals surface area (Å²) in [5, 5.41) is 0. The minimum Gasteiger partial charge on any atom is -0.406 e. The summed E-state index contributed by atoms with van der Waals surface area (Å²) in [7, 11) is 0. The number of hydrogen-bond donors (Lipinski definition) is 0. The summed E-state index contributed by atoms with van der Waals surface area (Å²) in [5.74, 6) is -0.208. The normalized spacial score (nSPS) is 11.4. The first-order chi connectivity index (χ1) is 8.92. The Bertz CT molecular complexity index is 532. The van der Waals surface area contributed by atoms with Crippen molar-refractivity contribution in [1.82, 2.24) is 0 Å². The lowest BCUT2D eigenvalue weighted by molar-refractivity contribution is -0.274. The van der Waals surface area contributed by atoms with Crippen LogP contribution in [0.1, 0.15) is 5.56 Å². The third-order valence-electron chi connectivity index (χ3n) is 2.31. The summed E-state index contributed by atoms with van der Waals surface area (Å²) >= 11 is 1.49. The fourth-order valence-corrected chi connectivity index (χ4v) is 2.27. The number of ether oxygens (including phenoxy) is 1. The van der Waals surface area contributed by atoms with Crippen LogP contribution in [0, 0.1) is 6.92 Å². The quantitative estimate of drug-likeness (QED) is 0.780. The molecule has 2 rings (SSSR count). The van der Waals surface area contributed by atoms with Crippen LogP contribution in [-0.4, -0.2) is 6.36 Å². The average molecular weight is 284 g/mol. The lowest BCUT2D eigenvalue weighted by atomic mass is 10.2. The summed E-state index contributed by atoms with van der Waals surface area (Å²) < 4.78 is 39.8. The fourth-order valence-electron chi connectivity index (χ4n) is 1.45. The molecule has 0 heterocycles. The third-order valence-corrected chi connectivity index (χ3v) is 3.33. The summed E-state index contributed by atoms with van der Waals surface area (Å²) in [6.07, 6.45) is -4.65. The van der Waals surface area contributed by atoms with Crippen LogP contribution >= 0.6 is 11.8 Å². The van der Waals surface area contributed by atoms with Crippen LogP contribution in [0.3, 0.4) is 0 Å². The SMILES string of the molecule is Cc1ccc(Sc2ccc(OC(F)(F)F)cc2)cc1. The van der Waals surface area contributed by atoms with Crippen molar-refractivity contribution in [3.05, 3.63) is 54.1 Å². The summed E-state index contributed by atoms with van der Waals surface area (Å²) in [4.78, 5) is 1.90. The largest absolute Gasteiger partial charge is 0.573 e. The summed E-state index contributed by atoms with van der Waals surface area (Å²) in [6, 6.07) is 13.7. The van der Waals surface area contributed by atoms with E-state index in [4.69, 9.17) is 0 Å². The zero-order chi connectivity index (χ0) is 13.9. The van der Waals surface area contributed by atoms with E-state index in [1.807, 2.05) is 31.2 Å². The molecule has 0 bridgehead atoms. The van der Waals surface area contributed by atoms with E-state index in [1.165, 1.54) is 29.5 Å². The van der Waals surface area contributed by atoms with E-state index in [9.17, 15) is 13.2 Å². The molecule has 0 aliphatic rings. The molecule has 0 radical (unpaired) electrons. The second-order valence-electron chi connectivity index (χ2n) is 3.93. The molecule has 0 spiro atoms. The van der Waals surface area contributed by atoms with Crippen molar-refractivity contribution < 1.29 is 17.9 Å². The Labute approximate surface area is 113 Å². The topological polar surface area (TPSA) is 9.23 Å².